The van der Waals surface area contributed by atoms with Gasteiger partial charge in [-0.1, -0.05) is 41.6 Å². The first kappa shape index (κ1) is 16.3. The predicted molar refractivity (Wildman–Crippen MR) is 94.1 cm³/mol. The maximum atomic E-state index is 12.3. The topological polar surface area (TPSA) is 58.1 Å². The van der Waals surface area contributed by atoms with Gasteiger partial charge in [0, 0.05) is 18.7 Å². The molecule has 2 aromatic rings. The van der Waals surface area contributed by atoms with Crippen LogP contribution in [0.2, 0.25) is 5.02 Å². The predicted octanol–water partition coefficient (Wildman–Crippen LogP) is 2.51. The van der Waals surface area contributed by atoms with Crippen molar-refractivity contribution < 1.29 is 4.79 Å². The number of halogens is 1. The van der Waals surface area contributed by atoms with Crippen LogP contribution >= 0.6 is 11.6 Å². The second kappa shape index (κ2) is 7.80. The van der Waals surface area contributed by atoms with E-state index in [-0.39, 0.29) is 23.2 Å². The maximum Gasteiger partial charge on any atom is 0.272 e. The van der Waals surface area contributed by atoms with Gasteiger partial charge in [0.1, 0.15) is 0 Å². The molecule has 122 valence electrons. The van der Waals surface area contributed by atoms with Gasteiger partial charge in [0.15, 0.2) is 5.69 Å². The second-order valence-corrected chi connectivity index (χ2v) is 5.82. The molecule has 1 aliphatic heterocycles. The van der Waals surface area contributed by atoms with Gasteiger partial charge < -0.3 is 10.2 Å². The number of hydrogen-bond donors (Lipinski definition) is 1. The molecule has 1 saturated heterocycles. The summed E-state index contributed by atoms with van der Waals surface area (Å²) in [7, 11) is 0. The van der Waals surface area contributed by atoms with Crippen LogP contribution in [0.3, 0.4) is 0 Å². The van der Waals surface area contributed by atoms with Gasteiger partial charge >= 0.3 is 0 Å². The molecule has 0 atom stereocenters. The Kier molecular flexibility index (Phi) is 5.29. The van der Waals surface area contributed by atoms with Gasteiger partial charge in [-0.15, -0.1) is 0 Å². The molecule has 1 aromatic carbocycles. The second-order valence-electron chi connectivity index (χ2n) is 5.41. The van der Waals surface area contributed by atoms with Crippen molar-refractivity contribution in [3.05, 3.63) is 52.8 Å². The van der Waals surface area contributed by atoms with Crippen molar-refractivity contribution in [1.29, 1.82) is 0 Å². The molecule has 1 aromatic heterocycles. The van der Waals surface area contributed by atoms with Crippen LogP contribution in [0.5, 0.6) is 0 Å². The van der Waals surface area contributed by atoms with Crippen molar-refractivity contribution >= 4 is 23.5 Å². The summed E-state index contributed by atoms with van der Waals surface area (Å²) < 4.78 is 0. The molecule has 3 rings (SSSR count). The number of carbonyl (C=O) groups is 1. The Balaban J connectivity index is 1.64. The molecule has 0 radical (unpaired) electrons. The minimum absolute atomic E-state index is 0.190. The van der Waals surface area contributed by atoms with Crippen molar-refractivity contribution in [1.82, 2.24) is 15.3 Å². The van der Waals surface area contributed by atoms with Gasteiger partial charge in [-0.2, -0.15) is 0 Å². The average Bonchev–Trinajstić information content (AvgIpc) is 3.14. The highest BCUT2D eigenvalue weighted by molar-refractivity contribution is 6.33. The maximum absolute atomic E-state index is 12.3. The van der Waals surface area contributed by atoms with Crippen LogP contribution in [0.1, 0.15) is 28.9 Å². The van der Waals surface area contributed by atoms with Crippen LogP contribution in [-0.2, 0) is 0 Å². The summed E-state index contributed by atoms with van der Waals surface area (Å²) >= 11 is 6.07. The van der Waals surface area contributed by atoms with Crippen LogP contribution in [0.25, 0.3) is 0 Å². The van der Waals surface area contributed by atoms with Crippen molar-refractivity contribution in [2.75, 3.05) is 24.5 Å². The zero-order valence-electron chi connectivity index (χ0n) is 13.1. The number of amides is 1. The molecule has 0 saturated carbocycles. The first-order chi connectivity index (χ1) is 11.7. The van der Waals surface area contributed by atoms with E-state index in [9.17, 15) is 4.79 Å². The standard InChI is InChI=1S/C18H17ClN4O/c19-15-13-21-18(23-11-4-5-12-23)22-16(15)17(24)20-10-6-9-14-7-2-1-3-8-14/h1-3,7-8,13H,4-5,10-12H2,(H,20,24). The highest BCUT2D eigenvalue weighted by Crippen LogP contribution is 2.19. The van der Waals surface area contributed by atoms with Gasteiger partial charge in [-0.05, 0) is 25.0 Å². The Labute approximate surface area is 146 Å². The van der Waals surface area contributed by atoms with Crippen molar-refractivity contribution in [2.45, 2.75) is 12.8 Å². The van der Waals surface area contributed by atoms with Crippen LogP contribution in [0.4, 0.5) is 5.95 Å². The third-order valence-corrected chi connectivity index (χ3v) is 3.96. The van der Waals surface area contributed by atoms with Gasteiger partial charge in [-0.25, -0.2) is 9.97 Å². The van der Waals surface area contributed by atoms with E-state index in [2.05, 4.69) is 32.0 Å². The van der Waals surface area contributed by atoms with Gasteiger partial charge in [-0.3, -0.25) is 4.79 Å². The summed E-state index contributed by atoms with van der Waals surface area (Å²) in [6, 6.07) is 9.60. The summed E-state index contributed by atoms with van der Waals surface area (Å²) in [5.74, 6) is 6.11. The van der Waals surface area contributed by atoms with E-state index in [1.54, 1.807) is 0 Å². The summed E-state index contributed by atoms with van der Waals surface area (Å²) in [5.41, 5.74) is 1.10. The lowest BCUT2D eigenvalue weighted by molar-refractivity contribution is 0.0954. The highest BCUT2D eigenvalue weighted by Gasteiger charge is 2.19. The van der Waals surface area contributed by atoms with Gasteiger partial charge in [0.25, 0.3) is 5.91 Å². The average molecular weight is 341 g/mol. The van der Waals surface area contributed by atoms with Crippen molar-refractivity contribution in [3.8, 4) is 11.8 Å². The fourth-order valence-corrected chi connectivity index (χ4v) is 2.64. The van der Waals surface area contributed by atoms with Crippen LogP contribution in [0, 0.1) is 11.8 Å². The molecule has 0 aliphatic carbocycles. The van der Waals surface area contributed by atoms with E-state index in [1.165, 1.54) is 6.20 Å². The minimum atomic E-state index is -0.342. The fraction of sp³-hybridized carbons (Fsp3) is 0.278. The number of hydrogen-bond acceptors (Lipinski definition) is 4. The summed E-state index contributed by atoms with van der Waals surface area (Å²) in [6.07, 6.45) is 3.71. The van der Waals surface area contributed by atoms with Crippen molar-refractivity contribution in [2.24, 2.45) is 0 Å². The largest absolute Gasteiger partial charge is 0.341 e. The summed E-state index contributed by atoms with van der Waals surface area (Å²) in [6.45, 7) is 2.05. The molecule has 1 aliphatic rings. The van der Waals surface area contributed by atoms with Crippen LogP contribution in [0.15, 0.2) is 36.5 Å². The Morgan fingerprint density at radius 1 is 1.25 bits per heavy atom. The highest BCUT2D eigenvalue weighted by atomic mass is 35.5. The Morgan fingerprint density at radius 2 is 2.00 bits per heavy atom. The quantitative estimate of drug-likeness (QED) is 0.872. The zero-order valence-corrected chi connectivity index (χ0v) is 13.9. The molecule has 0 bridgehead atoms. The lowest BCUT2D eigenvalue weighted by atomic mass is 10.2. The van der Waals surface area contributed by atoms with E-state index >= 15 is 0 Å². The molecule has 1 N–H and O–H groups in total. The molecule has 5 nitrogen and oxygen atoms in total. The lowest BCUT2D eigenvalue weighted by Crippen LogP contribution is -2.27. The number of aromatic nitrogens is 2. The molecule has 0 spiro atoms. The Hall–Kier alpha value is -2.58. The van der Waals surface area contributed by atoms with E-state index < -0.39 is 0 Å². The lowest BCUT2D eigenvalue weighted by Gasteiger charge is -2.15. The number of benzene rings is 1. The SMILES string of the molecule is O=C(NCC#Cc1ccccc1)c1nc(N2CCCC2)ncc1Cl. The van der Waals surface area contributed by atoms with Crippen molar-refractivity contribution in [3.63, 3.8) is 0 Å². The smallest absolute Gasteiger partial charge is 0.272 e. The third-order valence-electron chi connectivity index (χ3n) is 3.68. The number of rotatable bonds is 3. The minimum Gasteiger partial charge on any atom is -0.341 e. The molecule has 0 unspecified atom stereocenters. The van der Waals surface area contributed by atoms with Gasteiger partial charge in [0.05, 0.1) is 17.8 Å². The Bertz CT molecular complexity index is 777. The molecular weight excluding hydrogens is 324 g/mol. The number of carbonyl (C=O) groups excluding carboxylic acids is 1. The molecule has 1 fully saturated rings. The number of nitrogens with one attached hydrogen (secondary N) is 1. The first-order valence-electron chi connectivity index (χ1n) is 7.83. The monoisotopic (exact) mass is 340 g/mol. The molecule has 24 heavy (non-hydrogen) atoms. The van der Waals surface area contributed by atoms with E-state index in [0.717, 1.165) is 31.5 Å². The molecular formula is C18H17ClN4O. The van der Waals surface area contributed by atoms with E-state index in [0.29, 0.717) is 5.95 Å². The number of anilines is 1. The van der Waals surface area contributed by atoms with Gasteiger partial charge in [0.2, 0.25) is 5.95 Å². The summed E-state index contributed by atoms with van der Waals surface area (Å²) in [4.78, 5) is 22.9. The van der Waals surface area contributed by atoms with Crippen LogP contribution in [-0.4, -0.2) is 35.5 Å². The molecule has 1 amide bonds. The zero-order chi connectivity index (χ0) is 16.8. The fourth-order valence-electron chi connectivity index (χ4n) is 2.46. The van der Waals surface area contributed by atoms with E-state index in [4.69, 9.17) is 11.6 Å². The van der Waals surface area contributed by atoms with E-state index in [1.807, 2.05) is 30.3 Å². The third kappa shape index (κ3) is 4.03. The Morgan fingerprint density at radius 3 is 2.75 bits per heavy atom. The van der Waals surface area contributed by atoms with Crippen LogP contribution < -0.4 is 10.2 Å². The molecule has 6 heteroatoms. The number of nitrogens with zero attached hydrogens (tertiary/aromatic N) is 3. The molecule has 2 heterocycles. The first-order valence-corrected chi connectivity index (χ1v) is 8.21. The normalized spacial score (nSPS) is 13.3. The summed E-state index contributed by atoms with van der Waals surface area (Å²) in [5, 5.41) is 2.96.